The molecule has 5 aromatic rings. The van der Waals surface area contributed by atoms with E-state index in [9.17, 15) is 0 Å². The summed E-state index contributed by atoms with van der Waals surface area (Å²) in [5, 5.41) is 11.2. The van der Waals surface area contributed by atoms with Crippen molar-refractivity contribution in [2.24, 2.45) is 5.10 Å². The number of rotatable bonds is 4. The van der Waals surface area contributed by atoms with Gasteiger partial charge in [-0.3, -0.25) is 9.99 Å². The summed E-state index contributed by atoms with van der Waals surface area (Å²) in [6.07, 6.45) is 3.53. The minimum Gasteiger partial charge on any atom is -0.331 e. The van der Waals surface area contributed by atoms with Crippen molar-refractivity contribution in [3.8, 4) is 5.69 Å². The second kappa shape index (κ2) is 9.66. The lowest BCUT2D eigenvalue weighted by Gasteiger charge is -2.12. The van der Waals surface area contributed by atoms with Crippen molar-refractivity contribution in [3.05, 3.63) is 99.8 Å². The first-order valence-corrected chi connectivity index (χ1v) is 12.1. The highest BCUT2D eigenvalue weighted by Crippen LogP contribution is 2.29. The molecule has 4 aromatic carbocycles. The van der Waals surface area contributed by atoms with Crippen LogP contribution < -0.4 is 10.7 Å². The number of fused-ring (bicyclic) bond motifs is 3. The molecule has 1 aromatic heterocycles. The summed E-state index contributed by atoms with van der Waals surface area (Å²) >= 11 is 17.8. The van der Waals surface area contributed by atoms with E-state index in [-0.39, 0.29) is 0 Å². The van der Waals surface area contributed by atoms with Crippen molar-refractivity contribution in [3.63, 3.8) is 0 Å². The normalized spacial score (nSPS) is 11.4. The number of aryl methyl sites for hydroxylation is 2. The predicted octanol–water partition coefficient (Wildman–Crippen LogP) is 7.42. The number of aromatic nitrogens is 2. The van der Waals surface area contributed by atoms with Crippen LogP contribution in [0.2, 0.25) is 10.0 Å². The number of halogens is 2. The van der Waals surface area contributed by atoms with Gasteiger partial charge in [-0.1, -0.05) is 59.6 Å². The van der Waals surface area contributed by atoms with Gasteiger partial charge in [0.25, 0.3) is 0 Å². The molecule has 0 saturated carbocycles. The van der Waals surface area contributed by atoms with Gasteiger partial charge in [0.1, 0.15) is 6.33 Å². The molecule has 0 bridgehead atoms. The topological polar surface area (TPSA) is 54.2 Å². The second-order valence-electron chi connectivity index (χ2n) is 8.25. The van der Waals surface area contributed by atoms with Crippen molar-refractivity contribution in [1.82, 2.24) is 15.0 Å². The lowest BCUT2D eigenvalue weighted by atomic mass is 10.1. The molecular weight excluding hydrogens is 497 g/mol. The van der Waals surface area contributed by atoms with Crippen LogP contribution in [0.1, 0.15) is 16.7 Å². The summed E-state index contributed by atoms with van der Waals surface area (Å²) in [5.74, 6) is 0. The molecule has 0 atom stereocenters. The summed E-state index contributed by atoms with van der Waals surface area (Å²) in [5.41, 5.74) is 9.83. The summed E-state index contributed by atoms with van der Waals surface area (Å²) in [4.78, 5) is 4.66. The quantitative estimate of drug-likeness (QED) is 0.148. The van der Waals surface area contributed by atoms with Crippen molar-refractivity contribution < 1.29 is 0 Å². The fourth-order valence-corrected chi connectivity index (χ4v) is 4.78. The van der Waals surface area contributed by atoms with Gasteiger partial charge in [0.2, 0.25) is 0 Å². The van der Waals surface area contributed by atoms with E-state index in [4.69, 9.17) is 35.4 Å². The van der Waals surface area contributed by atoms with E-state index >= 15 is 0 Å². The Bertz CT molecular complexity index is 1580. The van der Waals surface area contributed by atoms with Crippen LogP contribution in [0.4, 0.5) is 5.69 Å². The molecular formula is C27H21Cl2N5S. The Morgan fingerprint density at radius 1 is 0.971 bits per heavy atom. The second-order valence-corrected chi connectivity index (χ2v) is 9.53. The molecule has 0 fully saturated rings. The third-order valence-electron chi connectivity index (χ3n) is 5.78. The number of nitrogens with zero attached hydrogens (tertiary/aromatic N) is 3. The number of thiocarbonyl (C=S) groups is 1. The molecule has 0 unspecified atom stereocenters. The summed E-state index contributed by atoms with van der Waals surface area (Å²) in [6.45, 7) is 4.08. The molecule has 174 valence electrons. The van der Waals surface area contributed by atoms with Crippen LogP contribution in [0.25, 0.3) is 27.5 Å². The maximum absolute atomic E-state index is 6.20. The average molecular weight is 518 g/mol. The van der Waals surface area contributed by atoms with Gasteiger partial charge in [-0.05, 0) is 78.5 Å². The number of benzene rings is 4. The van der Waals surface area contributed by atoms with E-state index in [0.29, 0.717) is 15.2 Å². The number of para-hydroxylation sites is 1. The van der Waals surface area contributed by atoms with Crippen LogP contribution in [-0.2, 0) is 0 Å². The monoisotopic (exact) mass is 517 g/mol. The molecule has 0 saturated heterocycles. The Kier molecular flexibility index (Phi) is 6.43. The number of anilines is 1. The first-order valence-electron chi connectivity index (χ1n) is 10.9. The smallest absolute Gasteiger partial charge is 0.191 e. The predicted molar refractivity (Wildman–Crippen MR) is 151 cm³/mol. The fraction of sp³-hybridized carbons (Fsp3) is 0.0741. The molecule has 1 heterocycles. The SMILES string of the molecule is Cc1cccc(C)c1NC(=S)N/N=C/c1ccc2c(ccc3c2ncn3-c2cc(Cl)cc(Cl)c2)c1. The van der Waals surface area contributed by atoms with Crippen molar-refractivity contribution in [2.75, 3.05) is 5.32 Å². The van der Waals surface area contributed by atoms with Gasteiger partial charge in [0.05, 0.1) is 22.9 Å². The average Bonchev–Trinajstić information content (AvgIpc) is 3.25. The van der Waals surface area contributed by atoms with Crippen LogP contribution in [-0.4, -0.2) is 20.9 Å². The largest absolute Gasteiger partial charge is 0.331 e. The first kappa shape index (κ1) is 23.3. The van der Waals surface area contributed by atoms with Crippen LogP contribution in [0, 0.1) is 13.8 Å². The Morgan fingerprint density at radius 3 is 2.46 bits per heavy atom. The number of imidazole rings is 1. The number of hydrogen-bond acceptors (Lipinski definition) is 3. The first-order chi connectivity index (χ1) is 16.9. The molecule has 0 spiro atoms. The van der Waals surface area contributed by atoms with Gasteiger partial charge in [-0.25, -0.2) is 4.98 Å². The minimum absolute atomic E-state index is 0.438. The highest BCUT2D eigenvalue weighted by molar-refractivity contribution is 7.80. The van der Waals surface area contributed by atoms with Gasteiger partial charge >= 0.3 is 0 Å². The summed E-state index contributed by atoms with van der Waals surface area (Å²) in [6, 6.07) is 21.8. The number of hydrogen-bond donors (Lipinski definition) is 2. The van der Waals surface area contributed by atoms with Crippen LogP contribution in [0.15, 0.2) is 78.2 Å². The maximum atomic E-state index is 6.20. The van der Waals surface area contributed by atoms with E-state index in [2.05, 4.69) is 39.0 Å². The molecule has 5 rings (SSSR count). The Labute approximate surface area is 218 Å². The number of nitrogens with one attached hydrogen (secondary N) is 2. The van der Waals surface area contributed by atoms with Crippen LogP contribution in [0.5, 0.6) is 0 Å². The molecule has 0 aliphatic carbocycles. The van der Waals surface area contributed by atoms with Crippen molar-refractivity contribution in [1.29, 1.82) is 0 Å². The number of hydrazone groups is 1. The zero-order chi connectivity index (χ0) is 24.5. The lowest BCUT2D eigenvalue weighted by Crippen LogP contribution is -2.24. The van der Waals surface area contributed by atoms with Crippen molar-refractivity contribution >= 4 is 74.2 Å². The summed E-state index contributed by atoms with van der Waals surface area (Å²) in [7, 11) is 0. The highest BCUT2D eigenvalue weighted by Gasteiger charge is 2.10. The summed E-state index contributed by atoms with van der Waals surface area (Å²) < 4.78 is 1.98. The van der Waals surface area contributed by atoms with Gasteiger partial charge in [0.15, 0.2) is 5.11 Å². The molecule has 8 heteroatoms. The molecule has 0 amide bonds. The Balaban J connectivity index is 1.36. The van der Waals surface area contributed by atoms with E-state index < -0.39 is 0 Å². The van der Waals surface area contributed by atoms with Gasteiger partial charge in [0, 0.05) is 21.1 Å². The third-order valence-corrected chi connectivity index (χ3v) is 6.41. The van der Waals surface area contributed by atoms with E-state index in [1.165, 1.54) is 0 Å². The van der Waals surface area contributed by atoms with Gasteiger partial charge < -0.3 is 5.32 Å². The Morgan fingerprint density at radius 2 is 1.71 bits per heavy atom. The fourth-order valence-electron chi connectivity index (χ4n) is 4.11. The molecule has 0 aliphatic heterocycles. The zero-order valence-electron chi connectivity index (χ0n) is 19.0. The molecule has 0 radical (unpaired) electrons. The maximum Gasteiger partial charge on any atom is 0.191 e. The third kappa shape index (κ3) is 4.86. The minimum atomic E-state index is 0.438. The van der Waals surface area contributed by atoms with Gasteiger partial charge in [-0.2, -0.15) is 5.10 Å². The van der Waals surface area contributed by atoms with Gasteiger partial charge in [-0.15, -0.1) is 0 Å². The zero-order valence-corrected chi connectivity index (χ0v) is 21.3. The molecule has 2 N–H and O–H groups in total. The van der Waals surface area contributed by atoms with Crippen molar-refractivity contribution in [2.45, 2.75) is 13.8 Å². The van der Waals surface area contributed by atoms with E-state index in [1.54, 1.807) is 18.6 Å². The highest BCUT2D eigenvalue weighted by atomic mass is 35.5. The standard InChI is InChI=1S/C27H21Cl2N5S/c1-16-4-3-5-17(2)25(16)32-27(35)33-31-14-18-6-8-23-19(10-18)7-9-24-26(23)30-15-34(24)22-12-20(28)11-21(29)13-22/h3-15H,1-2H3,(H2,32,33,35)/b31-14+. The van der Waals surface area contributed by atoms with Crippen LogP contribution >= 0.6 is 35.4 Å². The van der Waals surface area contributed by atoms with Crippen LogP contribution in [0.3, 0.4) is 0 Å². The lowest BCUT2D eigenvalue weighted by molar-refractivity contribution is 1.05. The van der Waals surface area contributed by atoms with E-state index in [1.807, 2.05) is 60.9 Å². The Hall–Kier alpha value is -3.45. The molecule has 5 nitrogen and oxygen atoms in total. The van der Waals surface area contributed by atoms with E-state index in [0.717, 1.165) is 49.9 Å². The molecule has 35 heavy (non-hydrogen) atoms. The molecule has 0 aliphatic rings.